The van der Waals surface area contributed by atoms with Crippen molar-refractivity contribution in [2.45, 2.75) is 39.0 Å². The molecule has 0 radical (unpaired) electrons. The molecule has 3 aliphatic rings. The quantitative estimate of drug-likeness (QED) is 0.801. The molecular formula is C21H28N2O4. The summed E-state index contributed by atoms with van der Waals surface area (Å²) in [5.41, 5.74) is 1.56. The number of aryl methyl sites for hydroxylation is 1. The Labute approximate surface area is 160 Å². The van der Waals surface area contributed by atoms with Crippen LogP contribution in [0.15, 0.2) is 12.1 Å². The lowest BCUT2D eigenvalue weighted by atomic mass is 10.1. The molecule has 1 aromatic rings. The molecule has 2 aliphatic heterocycles. The van der Waals surface area contributed by atoms with Gasteiger partial charge in [-0.1, -0.05) is 12.8 Å². The average molecular weight is 372 g/mol. The van der Waals surface area contributed by atoms with E-state index in [1.807, 2.05) is 22.8 Å². The predicted octanol–water partition coefficient (Wildman–Crippen LogP) is 2.63. The fourth-order valence-electron chi connectivity index (χ4n) is 4.36. The Bertz CT molecular complexity index is 727. The van der Waals surface area contributed by atoms with Crippen molar-refractivity contribution >= 4 is 11.8 Å². The number of carbonyl (C=O) groups is 2. The fraction of sp³-hybridized carbons (Fsp3) is 0.619. The van der Waals surface area contributed by atoms with Gasteiger partial charge >= 0.3 is 0 Å². The SMILES string of the molecule is Cc1cc2c(cc1C(=O)N1CCCN(C(=O)C3CCCC3)CC1)OCCO2. The number of carbonyl (C=O) groups excluding carboxylic acids is 2. The second kappa shape index (κ2) is 7.79. The zero-order valence-corrected chi connectivity index (χ0v) is 16.0. The summed E-state index contributed by atoms with van der Waals surface area (Å²) >= 11 is 0. The van der Waals surface area contributed by atoms with E-state index in [2.05, 4.69) is 0 Å². The number of fused-ring (bicyclic) bond motifs is 1. The minimum Gasteiger partial charge on any atom is -0.486 e. The van der Waals surface area contributed by atoms with Crippen LogP contribution in [0.3, 0.4) is 0 Å². The summed E-state index contributed by atoms with van der Waals surface area (Å²) in [6.45, 7) is 5.62. The maximum atomic E-state index is 13.1. The van der Waals surface area contributed by atoms with E-state index in [1.165, 1.54) is 0 Å². The van der Waals surface area contributed by atoms with Crippen molar-refractivity contribution < 1.29 is 19.1 Å². The average Bonchev–Trinajstić information content (AvgIpc) is 3.11. The third-order valence-corrected chi connectivity index (χ3v) is 5.92. The number of benzene rings is 1. The Morgan fingerprint density at radius 1 is 0.889 bits per heavy atom. The van der Waals surface area contributed by atoms with Crippen LogP contribution in [0.5, 0.6) is 11.5 Å². The van der Waals surface area contributed by atoms with Gasteiger partial charge in [0.05, 0.1) is 0 Å². The van der Waals surface area contributed by atoms with Crippen LogP contribution in [-0.2, 0) is 4.79 Å². The summed E-state index contributed by atoms with van der Waals surface area (Å²) in [4.78, 5) is 29.7. The molecular weight excluding hydrogens is 344 g/mol. The molecule has 2 amide bonds. The zero-order chi connectivity index (χ0) is 18.8. The van der Waals surface area contributed by atoms with Crippen LogP contribution in [0.25, 0.3) is 0 Å². The molecule has 0 N–H and O–H groups in total. The minimum absolute atomic E-state index is 0.0136. The molecule has 0 atom stereocenters. The molecule has 0 spiro atoms. The second-order valence-corrected chi connectivity index (χ2v) is 7.76. The summed E-state index contributed by atoms with van der Waals surface area (Å²) in [7, 11) is 0. The lowest BCUT2D eigenvalue weighted by molar-refractivity contribution is -0.135. The van der Waals surface area contributed by atoms with Crippen molar-refractivity contribution in [1.82, 2.24) is 9.80 Å². The molecule has 0 aromatic heterocycles. The first-order valence-corrected chi connectivity index (χ1v) is 10.1. The van der Waals surface area contributed by atoms with Crippen LogP contribution in [-0.4, -0.2) is 61.0 Å². The summed E-state index contributed by atoms with van der Waals surface area (Å²) in [5, 5.41) is 0. The molecule has 2 heterocycles. The van der Waals surface area contributed by atoms with Gasteiger partial charge in [0.25, 0.3) is 5.91 Å². The van der Waals surface area contributed by atoms with Gasteiger partial charge in [0.2, 0.25) is 5.91 Å². The van der Waals surface area contributed by atoms with Gasteiger partial charge < -0.3 is 19.3 Å². The summed E-state index contributed by atoms with van der Waals surface area (Å²) in [5.74, 6) is 1.85. The van der Waals surface area contributed by atoms with Gasteiger partial charge in [0, 0.05) is 37.7 Å². The van der Waals surface area contributed by atoms with E-state index in [9.17, 15) is 9.59 Å². The molecule has 1 saturated carbocycles. The molecule has 6 nitrogen and oxygen atoms in total. The lowest BCUT2D eigenvalue weighted by Crippen LogP contribution is -2.39. The maximum Gasteiger partial charge on any atom is 0.254 e. The van der Waals surface area contributed by atoms with Crippen LogP contribution in [0.1, 0.15) is 48.0 Å². The van der Waals surface area contributed by atoms with Crippen LogP contribution in [0, 0.1) is 12.8 Å². The highest BCUT2D eigenvalue weighted by atomic mass is 16.6. The lowest BCUT2D eigenvalue weighted by Gasteiger charge is -2.25. The summed E-state index contributed by atoms with van der Waals surface area (Å²) < 4.78 is 11.2. The molecule has 6 heteroatoms. The first-order valence-electron chi connectivity index (χ1n) is 10.1. The highest BCUT2D eigenvalue weighted by Crippen LogP contribution is 2.33. The highest BCUT2D eigenvalue weighted by molar-refractivity contribution is 5.96. The third kappa shape index (κ3) is 3.75. The van der Waals surface area contributed by atoms with E-state index in [-0.39, 0.29) is 17.7 Å². The predicted molar refractivity (Wildman–Crippen MR) is 101 cm³/mol. The molecule has 146 valence electrons. The van der Waals surface area contributed by atoms with Crippen LogP contribution in [0.4, 0.5) is 0 Å². The van der Waals surface area contributed by atoms with Crippen molar-refractivity contribution in [3.8, 4) is 11.5 Å². The molecule has 4 rings (SSSR count). The maximum absolute atomic E-state index is 13.1. The van der Waals surface area contributed by atoms with Gasteiger partial charge in [-0.05, 0) is 43.9 Å². The number of rotatable bonds is 2. The zero-order valence-electron chi connectivity index (χ0n) is 16.0. The molecule has 27 heavy (non-hydrogen) atoms. The van der Waals surface area contributed by atoms with Gasteiger partial charge in [-0.25, -0.2) is 0 Å². The normalized spacial score (nSPS) is 20.5. The standard InChI is InChI=1S/C21H28N2O4/c1-15-13-18-19(27-12-11-26-18)14-17(15)21(25)23-8-4-7-22(9-10-23)20(24)16-5-2-3-6-16/h13-14,16H,2-12H2,1H3. The molecule has 0 unspecified atom stereocenters. The van der Waals surface area contributed by atoms with Crippen LogP contribution in [0.2, 0.25) is 0 Å². The molecule has 1 saturated heterocycles. The highest BCUT2D eigenvalue weighted by Gasteiger charge is 2.30. The van der Waals surface area contributed by atoms with Crippen LogP contribution >= 0.6 is 0 Å². The first-order chi connectivity index (χ1) is 13.1. The first kappa shape index (κ1) is 18.1. The van der Waals surface area contributed by atoms with E-state index in [1.54, 1.807) is 6.07 Å². The van der Waals surface area contributed by atoms with Gasteiger partial charge in [0.1, 0.15) is 13.2 Å². The molecule has 1 aromatic carbocycles. The van der Waals surface area contributed by atoms with Crippen molar-refractivity contribution in [3.63, 3.8) is 0 Å². The molecule has 2 fully saturated rings. The smallest absolute Gasteiger partial charge is 0.254 e. The van der Waals surface area contributed by atoms with E-state index in [0.29, 0.717) is 49.9 Å². The van der Waals surface area contributed by atoms with Crippen molar-refractivity contribution in [3.05, 3.63) is 23.3 Å². The van der Waals surface area contributed by atoms with Crippen LogP contribution < -0.4 is 9.47 Å². The molecule has 1 aliphatic carbocycles. The van der Waals surface area contributed by atoms with Gasteiger partial charge in [-0.3, -0.25) is 9.59 Å². The van der Waals surface area contributed by atoms with E-state index in [4.69, 9.17) is 9.47 Å². The van der Waals surface area contributed by atoms with Gasteiger partial charge in [0.15, 0.2) is 11.5 Å². The Balaban J connectivity index is 1.44. The summed E-state index contributed by atoms with van der Waals surface area (Å²) in [6.07, 6.45) is 5.20. The van der Waals surface area contributed by atoms with Gasteiger partial charge in [-0.2, -0.15) is 0 Å². The minimum atomic E-state index is 0.0136. The van der Waals surface area contributed by atoms with Crippen molar-refractivity contribution in [2.75, 3.05) is 39.4 Å². The molecule has 0 bridgehead atoms. The van der Waals surface area contributed by atoms with E-state index >= 15 is 0 Å². The van der Waals surface area contributed by atoms with E-state index in [0.717, 1.165) is 44.2 Å². The van der Waals surface area contributed by atoms with Crippen molar-refractivity contribution in [2.24, 2.45) is 5.92 Å². The second-order valence-electron chi connectivity index (χ2n) is 7.76. The monoisotopic (exact) mass is 372 g/mol. The number of hydrogen-bond donors (Lipinski definition) is 0. The Morgan fingerprint density at radius 3 is 2.26 bits per heavy atom. The Morgan fingerprint density at radius 2 is 1.52 bits per heavy atom. The Hall–Kier alpha value is -2.24. The number of nitrogens with zero attached hydrogens (tertiary/aromatic N) is 2. The number of hydrogen-bond acceptors (Lipinski definition) is 4. The topological polar surface area (TPSA) is 59.1 Å². The van der Waals surface area contributed by atoms with Gasteiger partial charge in [-0.15, -0.1) is 0 Å². The Kier molecular flexibility index (Phi) is 5.23. The number of amides is 2. The fourth-order valence-corrected chi connectivity index (χ4v) is 4.36. The summed E-state index contributed by atoms with van der Waals surface area (Å²) in [6, 6.07) is 3.69. The van der Waals surface area contributed by atoms with E-state index < -0.39 is 0 Å². The third-order valence-electron chi connectivity index (χ3n) is 5.92. The largest absolute Gasteiger partial charge is 0.486 e. The number of ether oxygens (including phenoxy) is 2. The van der Waals surface area contributed by atoms with Crippen molar-refractivity contribution in [1.29, 1.82) is 0 Å².